The van der Waals surface area contributed by atoms with Crippen LogP contribution in [0.4, 0.5) is 0 Å². The Morgan fingerprint density at radius 1 is 1.53 bits per heavy atom. The summed E-state index contributed by atoms with van der Waals surface area (Å²) in [6.45, 7) is 6.90. The van der Waals surface area contributed by atoms with Crippen molar-refractivity contribution in [3.63, 3.8) is 0 Å². The number of hydrogen-bond donors (Lipinski definition) is 0. The minimum absolute atomic E-state index is 0.120. The molecule has 0 fully saturated rings. The van der Waals surface area contributed by atoms with E-state index in [1.807, 2.05) is 18.4 Å². The second-order valence-electron chi connectivity index (χ2n) is 5.45. The van der Waals surface area contributed by atoms with E-state index in [1.165, 1.54) is 28.4 Å². The van der Waals surface area contributed by atoms with Crippen molar-refractivity contribution in [2.24, 2.45) is 0 Å². The third-order valence-corrected chi connectivity index (χ3v) is 4.73. The molecule has 0 unspecified atom stereocenters. The predicted octanol–water partition coefficient (Wildman–Crippen LogP) is 2.39. The van der Waals surface area contributed by atoms with Crippen molar-refractivity contribution in [2.75, 3.05) is 13.6 Å². The van der Waals surface area contributed by atoms with Crippen molar-refractivity contribution < 1.29 is 4.79 Å². The lowest BCUT2D eigenvalue weighted by Gasteiger charge is -2.16. The molecule has 0 aliphatic heterocycles. The zero-order chi connectivity index (χ0) is 12.6. The van der Waals surface area contributed by atoms with E-state index in [9.17, 15) is 4.79 Å². The lowest BCUT2D eigenvalue weighted by molar-refractivity contribution is -0.127. The van der Waals surface area contributed by atoms with Crippen molar-refractivity contribution in [3.05, 3.63) is 15.6 Å². The molecule has 1 aliphatic rings. The molecule has 1 amide bonds. The molecular weight excluding hydrogens is 232 g/mol. The number of amides is 1. The first-order valence-corrected chi connectivity index (χ1v) is 6.92. The van der Waals surface area contributed by atoms with Gasteiger partial charge in [0.15, 0.2) is 0 Å². The number of hydrogen-bond acceptors (Lipinski definition) is 3. The van der Waals surface area contributed by atoms with E-state index >= 15 is 0 Å². The Labute approximate surface area is 107 Å². The van der Waals surface area contributed by atoms with Crippen LogP contribution >= 0.6 is 11.3 Å². The van der Waals surface area contributed by atoms with Gasteiger partial charge in [0.05, 0.1) is 10.7 Å². The third-order valence-electron chi connectivity index (χ3n) is 3.56. The normalized spacial score (nSPS) is 16.9. The standard InChI is InChI=1S/C13H20N2OS/c1-9(16)15(4)8-6-11-14-12-10(17-11)5-7-13(12,2)3/h5-8H2,1-4H3. The van der Waals surface area contributed by atoms with E-state index in [2.05, 4.69) is 13.8 Å². The molecule has 1 aliphatic carbocycles. The van der Waals surface area contributed by atoms with E-state index < -0.39 is 0 Å². The van der Waals surface area contributed by atoms with Crippen LogP contribution in [-0.2, 0) is 23.1 Å². The first-order valence-electron chi connectivity index (χ1n) is 6.11. The van der Waals surface area contributed by atoms with E-state index in [0.29, 0.717) is 0 Å². The molecule has 1 heterocycles. The Morgan fingerprint density at radius 2 is 2.24 bits per heavy atom. The van der Waals surface area contributed by atoms with Crippen LogP contribution in [0.2, 0.25) is 0 Å². The summed E-state index contributed by atoms with van der Waals surface area (Å²) in [7, 11) is 1.84. The van der Waals surface area contributed by atoms with Gasteiger partial charge >= 0.3 is 0 Å². The Kier molecular flexibility index (Phi) is 3.25. The molecule has 0 radical (unpaired) electrons. The minimum Gasteiger partial charge on any atom is -0.346 e. The van der Waals surface area contributed by atoms with Crippen LogP contribution in [0.15, 0.2) is 0 Å². The minimum atomic E-state index is 0.120. The Balaban J connectivity index is 2.03. The average Bonchev–Trinajstić information content (AvgIpc) is 2.76. The number of nitrogens with zero attached hydrogens (tertiary/aromatic N) is 2. The zero-order valence-electron chi connectivity index (χ0n) is 11.0. The van der Waals surface area contributed by atoms with Gasteiger partial charge in [-0.3, -0.25) is 4.79 Å². The largest absolute Gasteiger partial charge is 0.346 e. The summed E-state index contributed by atoms with van der Waals surface area (Å²) >= 11 is 1.83. The molecule has 0 aromatic carbocycles. The summed E-state index contributed by atoms with van der Waals surface area (Å²) in [4.78, 5) is 19.1. The number of carbonyl (C=O) groups excluding carboxylic acids is 1. The summed E-state index contributed by atoms with van der Waals surface area (Å²) in [5.41, 5.74) is 1.54. The number of thiazole rings is 1. The quantitative estimate of drug-likeness (QED) is 0.827. The number of rotatable bonds is 3. The van der Waals surface area contributed by atoms with Crippen LogP contribution in [0.25, 0.3) is 0 Å². The van der Waals surface area contributed by atoms with Gasteiger partial charge in [-0.25, -0.2) is 4.98 Å². The number of aryl methyl sites for hydroxylation is 1. The maximum absolute atomic E-state index is 11.1. The Morgan fingerprint density at radius 3 is 2.82 bits per heavy atom. The lowest BCUT2D eigenvalue weighted by atomic mass is 9.91. The fourth-order valence-corrected chi connectivity index (χ4v) is 3.41. The van der Waals surface area contributed by atoms with Gasteiger partial charge < -0.3 is 4.90 Å². The molecule has 1 aromatic rings. The van der Waals surface area contributed by atoms with E-state index in [4.69, 9.17) is 4.98 Å². The smallest absolute Gasteiger partial charge is 0.219 e. The van der Waals surface area contributed by atoms with Gasteiger partial charge in [0.25, 0.3) is 0 Å². The van der Waals surface area contributed by atoms with Crippen LogP contribution in [0.3, 0.4) is 0 Å². The van der Waals surface area contributed by atoms with Crippen molar-refractivity contribution in [3.8, 4) is 0 Å². The predicted molar refractivity (Wildman–Crippen MR) is 70.5 cm³/mol. The van der Waals surface area contributed by atoms with Crippen molar-refractivity contribution in [2.45, 2.75) is 45.4 Å². The molecule has 17 heavy (non-hydrogen) atoms. The van der Waals surface area contributed by atoms with Gasteiger partial charge in [0.1, 0.15) is 0 Å². The van der Waals surface area contributed by atoms with E-state index in [1.54, 1.807) is 11.8 Å². The molecule has 0 saturated carbocycles. The van der Waals surface area contributed by atoms with Crippen molar-refractivity contribution >= 4 is 17.2 Å². The van der Waals surface area contributed by atoms with Crippen molar-refractivity contribution in [1.82, 2.24) is 9.88 Å². The third kappa shape index (κ3) is 2.51. The molecule has 1 aromatic heterocycles. The molecule has 4 heteroatoms. The van der Waals surface area contributed by atoms with Gasteiger partial charge in [-0.15, -0.1) is 11.3 Å². The monoisotopic (exact) mass is 252 g/mol. The van der Waals surface area contributed by atoms with Crippen LogP contribution < -0.4 is 0 Å². The number of likely N-dealkylation sites (N-methyl/N-ethyl adjacent to an activating group) is 1. The highest BCUT2D eigenvalue weighted by molar-refractivity contribution is 7.11. The molecule has 0 N–H and O–H groups in total. The fraction of sp³-hybridized carbons (Fsp3) is 0.692. The van der Waals surface area contributed by atoms with Crippen LogP contribution in [0.1, 0.15) is 42.8 Å². The highest BCUT2D eigenvalue weighted by Gasteiger charge is 2.33. The number of carbonyl (C=O) groups is 1. The second kappa shape index (κ2) is 4.41. The molecular formula is C13H20N2OS. The van der Waals surface area contributed by atoms with E-state index in [-0.39, 0.29) is 11.3 Å². The van der Waals surface area contributed by atoms with Crippen molar-refractivity contribution in [1.29, 1.82) is 0 Å². The molecule has 3 nitrogen and oxygen atoms in total. The van der Waals surface area contributed by atoms with Gasteiger partial charge in [-0.2, -0.15) is 0 Å². The summed E-state index contributed by atoms with van der Waals surface area (Å²) in [6.07, 6.45) is 3.27. The summed E-state index contributed by atoms with van der Waals surface area (Å²) in [6, 6.07) is 0. The molecule has 94 valence electrons. The maximum atomic E-state index is 11.1. The zero-order valence-corrected chi connectivity index (χ0v) is 11.9. The first-order chi connectivity index (χ1) is 7.90. The molecule has 0 spiro atoms. The average molecular weight is 252 g/mol. The maximum Gasteiger partial charge on any atom is 0.219 e. The van der Waals surface area contributed by atoms with Gasteiger partial charge in [0, 0.05) is 37.2 Å². The lowest BCUT2D eigenvalue weighted by Crippen LogP contribution is -2.26. The molecule has 0 bridgehead atoms. The van der Waals surface area contributed by atoms with Gasteiger partial charge in [0.2, 0.25) is 5.91 Å². The van der Waals surface area contributed by atoms with E-state index in [0.717, 1.165) is 13.0 Å². The van der Waals surface area contributed by atoms with Crippen LogP contribution in [0, 0.1) is 0 Å². The Bertz CT molecular complexity index is 437. The Hall–Kier alpha value is -0.900. The second-order valence-corrected chi connectivity index (χ2v) is 6.62. The molecule has 2 rings (SSSR count). The first kappa shape index (κ1) is 12.6. The highest BCUT2D eigenvalue weighted by Crippen LogP contribution is 2.40. The topological polar surface area (TPSA) is 33.2 Å². The highest BCUT2D eigenvalue weighted by atomic mass is 32.1. The van der Waals surface area contributed by atoms with Gasteiger partial charge in [-0.1, -0.05) is 13.8 Å². The molecule has 0 atom stereocenters. The molecule has 0 saturated heterocycles. The number of fused-ring (bicyclic) bond motifs is 1. The number of aromatic nitrogens is 1. The van der Waals surface area contributed by atoms with Crippen LogP contribution in [0.5, 0.6) is 0 Å². The summed E-state index contributed by atoms with van der Waals surface area (Å²) in [5, 5.41) is 1.18. The summed E-state index contributed by atoms with van der Waals surface area (Å²) in [5.74, 6) is 0.120. The van der Waals surface area contributed by atoms with Crippen LogP contribution in [-0.4, -0.2) is 29.4 Å². The SMILES string of the molecule is CC(=O)N(C)CCc1nc2c(s1)CCC2(C)C. The summed E-state index contributed by atoms with van der Waals surface area (Å²) < 4.78 is 0. The fourth-order valence-electron chi connectivity index (χ4n) is 2.17. The van der Waals surface area contributed by atoms with Gasteiger partial charge in [-0.05, 0) is 12.8 Å².